The van der Waals surface area contributed by atoms with Gasteiger partial charge >= 0.3 is 0 Å². The van der Waals surface area contributed by atoms with E-state index in [4.69, 9.17) is 26.6 Å². The van der Waals surface area contributed by atoms with Crippen molar-refractivity contribution in [3.63, 3.8) is 0 Å². The minimum atomic E-state index is -0.790. The molecular formula is C35H41ClF2N8. The van der Waals surface area contributed by atoms with Crippen LogP contribution in [0.25, 0.3) is 22.2 Å². The van der Waals surface area contributed by atoms with E-state index in [1.807, 2.05) is 23.7 Å². The highest BCUT2D eigenvalue weighted by Crippen LogP contribution is 2.43. The van der Waals surface area contributed by atoms with Gasteiger partial charge in [-0.1, -0.05) is 16.8 Å². The average molecular weight is 647 g/mol. The molecule has 0 aliphatic carbocycles. The second-order valence-corrected chi connectivity index (χ2v) is 14.5. The lowest BCUT2D eigenvalue weighted by Gasteiger charge is -2.34. The first-order chi connectivity index (χ1) is 22.3. The molecule has 3 atom stereocenters. The number of piperidine rings is 1. The number of benzene rings is 1. The standard InChI is InChI=1S/C35H41ClF2N8/c1-22-14-27-26(29(36)15-22)8-3-2-7-25-21-46(43-42-25)19-23-6-4-12-44(18-23)34-28-17-39-32(27)31(38)33(28)40-30(41-34)9-11-35-10-5-13-45(35)20-24(37)16-35/h14-15,17,21,23-24H,2-13,16,18-20H2,1H3. The number of alkyl halides is 1. The first kappa shape index (κ1) is 30.1. The van der Waals surface area contributed by atoms with E-state index in [1.165, 1.54) is 0 Å². The van der Waals surface area contributed by atoms with E-state index in [0.29, 0.717) is 53.5 Å². The molecule has 8 bridgehead atoms. The Bertz CT molecular complexity index is 1780. The molecule has 3 fully saturated rings. The minimum absolute atomic E-state index is 0.148. The van der Waals surface area contributed by atoms with Gasteiger partial charge in [0.1, 0.15) is 29.0 Å². The van der Waals surface area contributed by atoms with Crippen LogP contribution in [0.5, 0.6) is 0 Å². The third-order valence-corrected chi connectivity index (χ3v) is 11.2. The Balaban J connectivity index is 1.25. The number of anilines is 1. The summed E-state index contributed by atoms with van der Waals surface area (Å²) in [6, 6.07) is 3.93. The Hall–Kier alpha value is -3.24. The van der Waals surface area contributed by atoms with Gasteiger partial charge in [0.2, 0.25) is 0 Å². The SMILES string of the molecule is Cc1cc(Cl)c2c(c1)-c1ncc3c(nc(CCC45CCCN4CC(F)C5)nc3c1F)N1CCCC(C1)Cn1cc(nn1)CCCC2. The van der Waals surface area contributed by atoms with E-state index in [-0.39, 0.29) is 11.2 Å². The van der Waals surface area contributed by atoms with E-state index in [2.05, 4.69) is 26.3 Å². The number of rotatable bonds is 3. The zero-order valence-electron chi connectivity index (χ0n) is 26.5. The molecule has 242 valence electrons. The number of aryl methyl sites for hydroxylation is 3. The maximum Gasteiger partial charge on any atom is 0.175 e. The van der Waals surface area contributed by atoms with Crippen LogP contribution in [-0.4, -0.2) is 72.7 Å². The summed E-state index contributed by atoms with van der Waals surface area (Å²) in [5.41, 5.74) is 4.00. The molecule has 8 nitrogen and oxygen atoms in total. The second kappa shape index (κ2) is 12.1. The van der Waals surface area contributed by atoms with Gasteiger partial charge in [0, 0.05) is 61.1 Å². The lowest BCUT2D eigenvalue weighted by atomic mass is 9.88. The van der Waals surface area contributed by atoms with E-state index < -0.39 is 12.0 Å². The molecule has 5 aliphatic rings. The number of hydrogen-bond donors (Lipinski definition) is 0. The van der Waals surface area contributed by atoms with Crippen molar-refractivity contribution in [3.8, 4) is 11.3 Å². The highest BCUT2D eigenvalue weighted by molar-refractivity contribution is 6.31. The number of halogens is 3. The molecule has 0 saturated carbocycles. The molecule has 0 spiro atoms. The molecular weight excluding hydrogens is 606 g/mol. The van der Waals surface area contributed by atoms with Crippen LogP contribution in [0.1, 0.15) is 74.0 Å². The van der Waals surface area contributed by atoms with Crippen molar-refractivity contribution in [2.75, 3.05) is 31.1 Å². The average Bonchev–Trinajstić information content (AvgIpc) is 3.73. The fourth-order valence-corrected chi connectivity index (χ4v) is 9.01. The summed E-state index contributed by atoms with van der Waals surface area (Å²) >= 11 is 6.83. The van der Waals surface area contributed by atoms with Crippen LogP contribution in [0.3, 0.4) is 0 Å². The van der Waals surface area contributed by atoms with Crippen molar-refractivity contribution in [3.05, 3.63) is 58.0 Å². The van der Waals surface area contributed by atoms with Crippen molar-refractivity contribution in [2.24, 2.45) is 5.92 Å². The van der Waals surface area contributed by atoms with Crippen molar-refractivity contribution in [1.82, 2.24) is 34.8 Å². The highest BCUT2D eigenvalue weighted by Gasteiger charge is 2.48. The molecule has 3 unspecified atom stereocenters. The highest BCUT2D eigenvalue weighted by atomic mass is 35.5. The number of pyridine rings is 1. The number of fused-ring (bicyclic) bond motifs is 5. The maximum atomic E-state index is 16.9. The Morgan fingerprint density at radius 3 is 2.85 bits per heavy atom. The molecule has 4 aromatic rings. The smallest absolute Gasteiger partial charge is 0.175 e. The van der Waals surface area contributed by atoms with Gasteiger partial charge in [0.25, 0.3) is 0 Å². The van der Waals surface area contributed by atoms with Crippen molar-refractivity contribution >= 4 is 28.3 Å². The van der Waals surface area contributed by atoms with E-state index in [9.17, 15) is 4.39 Å². The van der Waals surface area contributed by atoms with Crippen LogP contribution < -0.4 is 4.90 Å². The summed E-state index contributed by atoms with van der Waals surface area (Å²) in [4.78, 5) is 19.4. The summed E-state index contributed by atoms with van der Waals surface area (Å²) in [5, 5.41) is 10.2. The van der Waals surface area contributed by atoms with Crippen LogP contribution in [0.15, 0.2) is 24.5 Å². The normalized spacial score (nSPS) is 25.2. The van der Waals surface area contributed by atoms with Crippen LogP contribution in [-0.2, 0) is 25.8 Å². The minimum Gasteiger partial charge on any atom is -0.356 e. The van der Waals surface area contributed by atoms with Gasteiger partial charge in [-0.3, -0.25) is 14.6 Å². The summed E-state index contributed by atoms with van der Waals surface area (Å²) in [7, 11) is 0. The topological polar surface area (TPSA) is 75.9 Å². The number of hydrogen-bond acceptors (Lipinski definition) is 7. The monoisotopic (exact) mass is 646 g/mol. The fraction of sp³-hybridized carbons (Fsp3) is 0.571. The summed E-state index contributed by atoms with van der Waals surface area (Å²) < 4.78 is 33.5. The van der Waals surface area contributed by atoms with Crippen molar-refractivity contribution < 1.29 is 8.78 Å². The van der Waals surface area contributed by atoms with Gasteiger partial charge in [-0.2, -0.15) is 0 Å². The zero-order chi connectivity index (χ0) is 31.4. The van der Waals surface area contributed by atoms with Gasteiger partial charge in [-0.05, 0) is 107 Å². The predicted molar refractivity (Wildman–Crippen MR) is 175 cm³/mol. The Labute approximate surface area is 273 Å². The van der Waals surface area contributed by atoms with E-state index >= 15 is 4.39 Å². The molecule has 5 aliphatic heterocycles. The summed E-state index contributed by atoms with van der Waals surface area (Å²) in [6.07, 6.45) is 12.5. The second-order valence-electron chi connectivity index (χ2n) is 14.1. The van der Waals surface area contributed by atoms with Crippen molar-refractivity contribution in [1.29, 1.82) is 0 Å². The molecule has 11 heteroatoms. The molecule has 0 radical (unpaired) electrons. The number of aromatic nitrogens is 6. The Morgan fingerprint density at radius 2 is 1.93 bits per heavy atom. The summed E-state index contributed by atoms with van der Waals surface area (Å²) in [5.74, 6) is 1.27. The lowest BCUT2D eigenvalue weighted by Crippen LogP contribution is -2.39. The van der Waals surface area contributed by atoms with Gasteiger partial charge in [0.15, 0.2) is 5.82 Å². The first-order valence-electron chi connectivity index (χ1n) is 17.0. The van der Waals surface area contributed by atoms with Crippen molar-refractivity contribution in [2.45, 2.75) is 95.8 Å². The first-order valence-corrected chi connectivity index (χ1v) is 17.4. The molecule has 8 heterocycles. The molecule has 46 heavy (non-hydrogen) atoms. The van der Waals surface area contributed by atoms with Crippen LogP contribution in [0, 0.1) is 18.7 Å². The predicted octanol–water partition coefficient (Wildman–Crippen LogP) is 6.69. The third kappa shape index (κ3) is 5.55. The lowest BCUT2D eigenvalue weighted by molar-refractivity contribution is 0.181. The van der Waals surface area contributed by atoms with Gasteiger partial charge in [-0.15, -0.1) is 5.10 Å². The van der Waals surface area contributed by atoms with Gasteiger partial charge in [-0.25, -0.2) is 18.7 Å². The quantitative estimate of drug-likeness (QED) is 0.246. The van der Waals surface area contributed by atoms with Gasteiger partial charge in [0.05, 0.1) is 11.1 Å². The Kier molecular flexibility index (Phi) is 7.91. The van der Waals surface area contributed by atoms with E-state index in [0.717, 1.165) is 106 Å². The largest absolute Gasteiger partial charge is 0.356 e. The van der Waals surface area contributed by atoms with E-state index in [1.54, 1.807) is 6.20 Å². The van der Waals surface area contributed by atoms with Crippen LogP contribution >= 0.6 is 11.6 Å². The van der Waals surface area contributed by atoms with Gasteiger partial charge < -0.3 is 4.90 Å². The number of nitrogens with zero attached hydrogens (tertiary/aromatic N) is 8. The van der Waals surface area contributed by atoms with Crippen LogP contribution in [0.2, 0.25) is 5.02 Å². The summed E-state index contributed by atoms with van der Waals surface area (Å²) in [6.45, 7) is 5.81. The molecule has 9 rings (SSSR count). The fourth-order valence-electron chi connectivity index (χ4n) is 8.64. The molecule has 0 N–H and O–H groups in total. The molecule has 0 amide bonds. The molecule has 3 saturated heterocycles. The Morgan fingerprint density at radius 1 is 1.04 bits per heavy atom. The molecule has 1 aromatic carbocycles. The third-order valence-electron chi connectivity index (χ3n) is 10.8. The van der Waals surface area contributed by atoms with Crippen LogP contribution in [0.4, 0.5) is 14.6 Å². The maximum absolute atomic E-state index is 16.9. The zero-order valence-corrected chi connectivity index (χ0v) is 27.2. The molecule has 3 aromatic heterocycles.